The van der Waals surface area contributed by atoms with Gasteiger partial charge in [0, 0.05) is 16.0 Å². The number of carboxylic acids is 1. The maximum Gasteiger partial charge on any atom is 0.391 e. The first-order valence-corrected chi connectivity index (χ1v) is 8.01. The Labute approximate surface area is 144 Å². The molecule has 25 heavy (non-hydrogen) atoms. The van der Waals surface area contributed by atoms with Crippen LogP contribution in [0.4, 0.5) is 13.2 Å². The summed E-state index contributed by atoms with van der Waals surface area (Å²) in [6.45, 7) is 0.237. The molecule has 0 saturated heterocycles. The molecule has 0 aliphatic carbocycles. The number of aliphatic carboxylic acids is 1. The molecule has 1 aliphatic rings. The van der Waals surface area contributed by atoms with E-state index in [-0.39, 0.29) is 11.5 Å². The van der Waals surface area contributed by atoms with Crippen molar-refractivity contribution < 1.29 is 32.6 Å². The number of carbonyl (C=O) groups excluding carboxylic acids is 1. The number of hydrogen-bond donors (Lipinski definition) is 2. The van der Waals surface area contributed by atoms with Crippen molar-refractivity contribution in [1.29, 1.82) is 0 Å². The molecule has 2 N–H and O–H groups in total. The molecule has 0 radical (unpaired) electrons. The Morgan fingerprint density at radius 1 is 1.32 bits per heavy atom. The molecule has 0 bridgehead atoms. The van der Waals surface area contributed by atoms with Gasteiger partial charge in [0.2, 0.25) is 0 Å². The third-order valence-electron chi connectivity index (χ3n) is 3.59. The van der Waals surface area contributed by atoms with Crippen molar-refractivity contribution >= 4 is 23.2 Å². The van der Waals surface area contributed by atoms with Crippen molar-refractivity contribution in [3.8, 4) is 16.2 Å². The highest BCUT2D eigenvalue weighted by molar-refractivity contribution is 7.17. The maximum absolute atomic E-state index is 12.4. The van der Waals surface area contributed by atoms with Crippen molar-refractivity contribution in [2.45, 2.75) is 25.2 Å². The van der Waals surface area contributed by atoms with Crippen molar-refractivity contribution in [3.05, 3.63) is 40.8 Å². The molecule has 9 heteroatoms. The van der Waals surface area contributed by atoms with Crippen LogP contribution in [0.3, 0.4) is 0 Å². The van der Waals surface area contributed by atoms with Gasteiger partial charge in [-0.25, -0.2) is 4.79 Å². The Kier molecular flexibility index (Phi) is 4.42. The van der Waals surface area contributed by atoms with Gasteiger partial charge >= 0.3 is 12.1 Å². The zero-order valence-corrected chi connectivity index (χ0v) is 13.4. The Morgan fingerprint density at radius 3 is 2.72 bits per heavy atom. The maximum atomic E-state index is 12.4. The summed E-state index contributed by atoms with van der Waals surface area (Å²) in [7, 11) is 0. The van der Waals surface area contributed by atoms with Crippen LogP contribution in [0, 0.1) is 0 Å². The van der Waals surface area contributed by atoms with Crippen LogP contribution < -0.4 is 10.1 Å². The largest absolute Gasteiger partial charge is 0.488 e. The Morgan fingerprint density at radius 2 is 2.04 bits per heavy atom. The summed E-state index contributed by atoms with van der Waals surface area (Å²) in [6.07, 6.45) is -6.33. The smallest absolute Gasteiger partial charge is 0.391 e. The molecule has 0 fully saturated rings. The van der Waals surface area contributed by atoms with Gasteiger partial charge in [0.1, 0.15) is 18.4 Å². The molecule has 132 valence electrons. The van der Waals surface area contributed by atoms with Crippen LogP contribution in [0.25, 0.3) is 10.4 Å². The molecule has 0 spiro atoms. The molecular weight excluding hydrogens is 359 g/mol. The van der Waals surface area contributed by atoms with E-state index in [2.05, 4.69) is 0 Å². The lowest BCUT2D eigenvalue weighted by Crippen LogP contribution is -2.43. The van der Waals surface area contributed by atoms with Gasteiger partial charge in [-0.3, -0.25) is 4.79 Å². The number of halogens is 3. The van der Waals surface area contributed by atoms with E-state index >= 15 is 0 Å². The number of ether oxygens (including phenoxy) is 1. The number of carboxylic acid groups (broad SMARTS) is 1. The first kappa shape index (κ1) is 17.3. The second-order valence-corrected chi connectivity index (χ2v) is 6.49. The van der Waals surface area contributed by atoms with Gasteiger partial charge in [-0.2, -0.15) is 13.2 Å². The molecule has 1 aromatic carbocycles. The third-order valence-corrected chi connectivity index (χ3v) is 4.80. The molecule has 1 aliphatic heterocycles. The predicted octanol–water partition coefficient (Wildman–Crippen LogP) is 3.44. The fraction of sp³-hybridized carbons (Fsp3) is 0.250. The van der Waals surface area contributed by atoms with E-state index in [1.54, 1.807) is 18.2 Å². The van der Waals surface area contributed by atoms with Crippen LogP contribution in [-0.4, -0.2) is 29.2 Å². The number of thiophene rings is 1. The number of fused-ring (bicyclic) bond motifs is 3. The van der Waals surface area contributed by atoms with Gasteiger partial charge < -0.3 is 15.2 Å². The Hall–Kier alpha value is -2.55. The van der Waals surface area contributed by atoms with E-state index in [0.29, 0.717) is 5.75 Å². The van der Waals surface area contributed by atoms with E-state index in [4.69, 9.17) is 9.84 Å². The quantitative estimate of drug-likeness (QED) is 0.863. The predicted molar refractivity (Wildman–Crippen MR) is 83.6 cm³/mol. The van der Waals surface area contributed by atoms with Crippen molar-refractivity contribution in [2.24, 2.45) is 0 Å². The molecule has 1 amide bonds. The topological polar surface area (TPSA) is 75.6 Å². The number of hydrogen-bond acceptors (Lipinski definition) is 4. The summed E-state index contributed by atoms with van der Waals surface area (Å²) in [5.74, 6) is -1.93. The zero-order valence-electron chi connectivity index (χ0n) is 12.6. The molecule has 2 heterocycles. The minimum absolute atomic E-state index is 0.138. The van der Waals surface area contributed by atoms with Gasteiger partial charge in [0.05, 0.1) is 11.3 Å². The lowest BCUT2D eigenvalue weighted by Gasteiger charge is -2.16. The third kappa shape index (κ3) is 3.76. The highest BCUT2D eigenvalue weighted by Gasteiger charge is 2.36. The fourth-order valence-corrected chi connectivity index (χ4v) is 3.57. The molecule has 0 saturated carbocycles. The van der Waals surface area contributed by atoms with Crippen LogP contribution >= 0.6 is 11.3 Å². The highest BCUT2D eigenvalue weighted by Crippen LogP contribution is 2.42. The molecule has 1 unspecified atom stereocenters. The molecule has 1 aromatic heterocycles. The lowest BCUT2D eigenvalue weighted by molar-refractivity contribution is -0.157. The SMILES string of the molecule is O=C(NC(CC(F)(F)F)C(=O)O)c1cc2c(s1)-c1ccccc1OC2. The van der Waals surface area contributed by atoms with Gasteiger partial charge in [-0.1, -0.05) is 12.1 Å². The second kappa shape index (κ2) is 6.40. The highest BCUT2D eigenvalue weighted by atomic mass is 32.1. The number of benzene rings is 1. The van der Waals surface area contributed by atoms with Crippen LogP contribution in [0.1, 0.15) is 21.7 Å². The van der Waals surface area contributed by atoms with Crippen molar-refractivity contribution in [3.63, 3.8) is 0 Å². The van der Waals surface area contributed by atoms with Gasteiger partial charge in [-0.15, -0.1) is 11.3 Å². The minimum atomic E-state index is -4.70. The molecular formula is C16H12F3NO4S. The van der Waals surface area contributed by atoms with Crippen LogP contribution in [0.15, 0.2) is 30.3 Å². The van der Waals surface area contributed by atoms with Crippen molar-refractivity contribution in [1.82, 2.24) is 5.32 Å². The Bertz CT molecular complexity index is 831. The first-order valence-electron chi connectivity index (χ1n) is 7.20. The summed E-state index contributed by atoms with van der Waals surface area (Å²) in [5.41, 5.74) is 1.52. The molecule has 3 rings (SSSR count). The summed E-state index contributed by atoms with van der Waals surface area (Å²) in [6, 6.07) is 6.68. The average molecular weight is 371 g/mol. The normalized spacial score (nSPS) is 14.0. The summed E-state index contributed by atoms with van der Waals surface area (Å²) in [4.78, 5) is 24.1. The van der Waals surface area contributed by atoms with Crippen LogP contribution in [-0.2, 0) is 11.4 Å². The monoisotopic (exact) mass is 371 g/mol. The van der Waals surface area contributed by atoms with Gasteiger partial charge in [-0.05, 0) is 18.2 Å². The fourth-order valence-electron chi connectivity index (χ4n) is 2.47. The molecule has 2 aromatic rings. The van der Waals surface area contributed by atoms with E-state index < -0.39 is 30.5 Å². The number of para-hydroxylation sites is 1. The van der Waals surface area contributed by atoms with Gasteiger partial charge in [0.15, 0.2) is 0 Å². The van der Waals surface area contributed by atoms with Crippen LogP contribution in [0.2, 0.25) is 0 Å². The van der Waals surface area contributed by atoms with E-state index in [1.165, 1.54) is 6.07 Å². The Balaban J connectivity index is 1.83. The number of rotatable bonds is 4. The standard InChI is InChI=1S/C16H12F3NO4S/c17-16(18,19)6-10(15(22)23)20-14(21)12-5-8-7-24-11-4-2-1-3-9(11)13(8)25-12/h1-5,10H,6-7H2,(H,20,21)(H,22,23). The molecule has 5 nitrogen and oxygen atoms in total. The number of amides is 1. The lowest BCUT2D eigenvalue weighted by atomic mass is 10.1. The molecule has 1 atom stereocenters. The van der Waals surface area contributed by atoms with Crippen LogP contribution in [0.5, 0.6) is 5.75 Å². The van der Waals surface area contributed by atoms with E-state index in [0.717, 1.165) is 27.3 Å². The van der Waals surface area contributed by atoms with Gasteiger partial charge in [0.25, 0.3) is 5.91 Å². The van der Waals surface area contributed by atoms with E-state index in [1.807, 2.05) is 11.4 Å². The first-order chi connectivity index (χ1) is 11.7. The summed E-state index contributed by atoms with van der Waals surface area (Å²) in [5, 5.41) is 10.8. The zero-order chi connectivity index (χ0) is 18.2. The second-order valence-electron chi connectivity index (χ2n) is 5.43. The van der Waals surface area contributed by atoms with E-state index in [9.17, 15) is 22.8 Å². The minimum Gasteiger partial charge on any atom is -0.488 e. The number of alkyl halides is 3. The average Bonchev–Trinajstić information content (AvgIpc) is 2.97. The number of carbonyl (C=O) groups is 2. The number of nitrogens with one attached hydrogen (secondary N) is 1. The summed E-state index contributed by atoms with van der Waals surface area (Å²) >= 11 is 1.09. The van der Waals surface area contributed by atoms with Crippen molar-refractivity contribution in [2.75, 3.05) is 0 Å². The summed E-state index contributed by atoms with van der Waals surface area (Å²) < 4.78 is 42.9.